The SMILES string of the molecule is CCc1ccc(OC)c(C(F)(F)C2CCCCN2)c1. The molecular formula is C15H21F2NO. The fourth-order valence-electron chi connectivity index (χ4n) is 2.58. The molecule has 0 aliphatic carbocycles. The Morgan fingerprint density at radius 3 is 2.74 bits per heavy atom. The van der Waals surface area contributed by atoms with Gasteiger partial charge < -0.3 is 10.1 Å². The fourth-order valence-corrected chi connectivity index (χ4v) is 2.58. The Balaban J connectivity index is 2.36. The largest absolute Gasteiger partial charge is 0.496 e. The molecule has 19 heavy (non-hydrogen) atoms. The predicted molar refractivity (Wildman–Crippen MR) is 71.9 cm³/mol. The lowest BCUT2D eigenvalue weighted by Crippen LogP contribution is -2.46. The zero-order valence-corrected chi connectivity index (χ0v) is 11.5. The van der Waals surface area contributed by atoms with Crippen LogP contribution in [0.25, 0.3) is 0 Å². The first-order valence-electron chi connectivity index (χ1n) is 6.88. The molecule has 1 N–H and O–H groups in total. The average Bonchev–Trinajstić information content (AvgIpc) is 2.47. The van der Waals surface area contributed by atoms with Gasteiger partial charge in [0.15, 0.2) is 0 Å². The number of ether oxygens (including phenoxy) is 1. The summed E-state index contributed by atoms with van der Waals surface area (Å²) in [6.45, 7) is 2.62. The van der Waals surface area contributed by atoms with E-state index >= 15 is 0 Å². The molecule has 1 aromatic carbocycles. The second-order valence-corrected chi connectivity index (χ2v) is 5.01. The van der Waals surface area contributed by atoms with Crippen molar-refractivity contribution in [1.29, 1.82) is 0 Å². The number of hydrogen-bond donors (Lipinski definition) is 1. The second kappa shape index (κ2) is 5.87. The molecule has 1 aliphatic rings. The van der Waals surface area contributed by atoms with Crippen LogP contribution in [0.2, 0.25) is 0 Å². The Morgan fingerprint density at radius 2 is 2.16 bits per heavy atom. The summed E-state index contributed by atoms with van der Waals surface area (Å²) >= 11 is 0. The number of methoxy groups -OCH3 is 1. The maximum atomic E-state index is 14.7. The van der Waals surface area contributed by atoms with Crippen molar-refractivity contribution in [3.05, 3.63) is 29.3 Å². The van der Waals surface area contributed by atoms with Crippen LogP contribution in [0.15, 0.2) is 18.2 Å². The molecule has 106 valence electrons. The Morgan fingerprint density at radius 1 is 1.37 bits per heavy atom. The van der Waals surface area contributed by atoms with E-state index in [-0.39, 0.29) is 11.3 Å². The van der Waals surface area contributed by atoms with Gasteiger partial charge in [0.1, 0.15) is 5.75 Å². The number of hydrogen-bond acceptors (Lipinski definition) is 2. The first-order chi connectivity index (χ1) is 9.09. The van der Waals surface area contributed by atoms with Gasteiger partial charge in [-0.25, -0.2) is 0 Å². The first kappa shape index (κ1) is 14.3. The minimum absolute atomic E-state index is 0.00810. The number of benzene rings is 1. The van der Waals surface area contributed by atoms with E-state index in [1.165, 1.54) is 7.11 Å². The summed E-state index contributed by atoms with van der Waals surface area (Å²) in [5, 5.41) is 2.94. The molecule has 1 aromatic rings. The molecule has 0 radical (unpaired) electrons. The summed E-state index contributed by atoms with van der Waals surface area (Å²) in [6.07, 6.45) is 3.07. The molecule has 1 saturated heterocycles. The van der Waals surface area contributed by atoms with Gasteiger partial charge in [-0.05, 0) is 43.5 Å². The van der Waals surface area contributed by atoms with E-state index in [1.54, 1.807) is 12.1 Å². The van der Waals surface area contributed by atoms with Crippen molar-refractivity contribution in [3.8, 4) is 5.75 Å². The van der Waals surface area contributed by atoms with Gasteiger partial charge in [0, 0.05) is 0 Å². The number of aryl methyl sites for hydroxylation is 1. The second-order valence-electron chi connectivity index (χ2n) is 5.01. The van der Waals surface area contributed by atoms with Crippen molar-refractivity contribution in [2.24, 2.45) is 0 Å². The van der Waals surface area contributed by atoms with Crippen LogP contribution in [-0.4, -0.2) is 19.7 Å². The molecule has 1 heterocycles. The number of alkyl halides is 2. The number of nitrogens with one attached hydrogen (secondary N) is 1. The van der Waals surface area contributed by atoms with Crippen LogP contribution >= 0.6 is 0 Å². The van der Waals surface area contributed by atoms with Gasteiger partial charge in [0.25, 0.3) is 5.92 Å². The molecule has 0 saturated carbocycles. The maximum Gasteiger partial charge on any atom is 0.291 e. The highest BCUT2D eigenvalue weighted by molar-refractivity contribution is 5.41. The van der Waals surface area contributed by atoms with E-state index in [0.717, 1.165) is 24.8 Å². The Kier molecular flexibility index (Phi) is 4.40. The van der Waals surface area contributed by atoms with Crippen LogP contribution in [-0.2, 0) is 12.3 Å². The highest BCUT2D eigenvalue weighted by Crippen LogP contribution is 2.40. The fraction of sp³-hybridized carbons (Fsp3) is 0.600. The normalized spacial score (nSPS) is 20.3. The molecule has 0 amide bonds. The first-order valence-corrected chi connectivity index (χ1v) is 6.88. The molecule has 1 atom stereocenters. The molecule has 1 fully saturated rings. The van der Waals surface area contributed by atoms with Crippen LogP contribution < -0.4 is 10.1 Å². The van der Waals surface area contributed by atoms with Gasteiger partial charge in [0.05, 0.1) is 18.7 Å². The summed E-state index contributed by atoms with van der Waals surface area (Å²) in [7, 11) is 1.44. The zero-order chi connectivity index (χ0) is 13.9. The Bertz CT molecular complexity index is 428. The summed E-state index contributed by atoms with van der Waals surface area (Å²) in [6, 6.07) is 4.27. The van der Waals surface area contributed by atoms with Gasteiger partial charge in [-0.15, -0.1) is 0 Å². The smallest absolute Gasteiger partial charge is 0.291 e. The molecule has 0 aromatic heterocycles. The molecule has 1 aliphatic heterocycles. The van der Waals surface area contributed by atoms with E-state index in [2.05, 4.69) is 5.32 Å². The Hall–Kier alpha value is -1.16. The monoisotopic (exact) mass is 269 g/mol. The van der Waals surface area contributed by atoms with E-state index in [4.69, 9.17) is 4.74 Å². The third kappa shape index (κ3) is 2.89. The van der Waals surface area contributed by atoms with Crippen LogP contribution in [0.1, 0.15) is 37.3 Å². The minimum Gasteiger partial charge on any atom is -0.496 e. The van der Waals surface area contributed by atoms with Crippen molar-refractivity contribution < 1.29 is 13.5 Å². The lowest BCUT2D eigenvalue weighted by atomic mass is 9.92. The molecule has 1 unspecified atom stereocenters. The van der Waals surface area contributed by atoms with Crippen LogP contribution in [0.3, 0.4) is 0 Å². The maximum absolute atomic E-state index is 14.7. The van der Waals surface area contributed by atoms with Crippen molar-refractivity contribution in [1.82, 2.24) is 5.32 Å². The van der Waals surface area contributed by atoms with Crippen molar-refractivity contribution in [3.63, 3.8) is 0 Å². The lowest BCUT2D eigenvalue weighted by molar-refractivity contribution is -0.0529. The zero-order valence-electron chi connectivity index (χ0n) is 11.5. The number of rotatable bonds is 4. The number of halogens is 2. The van der Waals surface area contributed by atoms with Crippen molar-refractivity contribution >= 4 is 0 Å². The van der Waals surface area contributed by atoms with E-state index in [0.29, 0.717) is 13.0 Å². The molecule has 0 bridgehead atoms. The van der Waals surface area contributed by atoms with Crippen LogP contribution in [0.4, 0.5) is 8.78 Å². The lowest BCUT2D eigenvalue weighted by Gasteiger charge is -2.32. The summed E-state index contributed by atoms with van der Waals surface area (Å²) in [4.78, 5) is 0. The molecular weight excluding hydrogens is 248 g/mol. The van der Waals surface area contributed by atoms with Gasteiger partial charge in [-0.3, -0.25) is 0 Å². The van der Waals surface area contributed by atoms with E-state index in [1.807, 2.05) is 13.0 Å². The molecule has 0 spiro atoms. The van der Waals surface area contributed by atoms with Gasteiger partial charge in [0.2, 0.25) is 0 Å². The quantitative estimate of drug-likeness (QED) is 0.903. The predicted octanol–water partition coefficient (Wildman–Crippen LogP) is 3.49. The molecule has 2 nitrogen and oxygen atoms in total. The summed E-state index contributed by atoms with van der Waals surface area (Å²) in [5.74, 6) is -2.62. The number of piperidine rings is 1. The Labute approximate surface area is 113 Å². The van der Waals surface area contributed by atoms with Crippen molar-refractivity contribution in [2.75, 3.05) is 13.7 Å². The van der Waals surface area contributed by atoms with E-state index in [9.17, 15) is 8.78 Å². The third-order valence-corrected chi connectivity index (χ3v) is 3.78. The summed E-state index contributed by atoms with van der Waals surface area (Å²) in [5.41, 5.74) is 0.917. The molecule has 2 rings (SSSR count). The van der Waals surface area contributed by atoms with Gasteiger partial charge in [-0.1, -0.05) is 19.4 Å². The highest BCUT2D eigenvalue weighted by atomic mass is 19.3. The highest BCUT2D eigenvalue weighted by Gasteiger charge is 2.43. The van der Waals surface area contributed by atoms with Crippen LogP contribution in [0, 0.1) is 0 Å². The molecule has 4 heteroatoms. The third-order valence-electron chi connectivity index (χ3n) is 3.78. The van der Waals surface area contributed by atoms with Crippen LogP contribution in [0.5, 0.6) is 5.75 Å². The van der Waals surface area contributed by atoms with E-state index < -0.39 is 12.0 Å². The summed E-state index contributed by atoms with van der Waals surface area (Å²) < 4.78 is 34.4. The average molecular weight is 269 g/mol. The van der Waals surface area contributed by atoms with Gasteiger partial charge in [-0.2, -0.15) is 8.78 Å². The minimum atomic E-state index is -2.89. The van der Waals surface area contributed by atoms with Crippen molar-refractivity contribution in [2.45, 2.75) is 44.6 Å². The standard InChI is InChI=1S/C15H21F2NO/c1-3-11-7-8-13(19-2)12(10-11)15(16,17)14-6-4-5-9-18-14/h7-8,10,14,18H,3-6,9H2,1-2H3. The topological polar surface area (TPSA) is 21.3 Å². The van der Waals surface area contributed by atoms with Gasteiger partial charge >= 0.3 is 0 Å².